The molecule has 11 atom stereocenters. The van der Waals surface area contributed by atoms with Gasteiger partial charge in [-0.25, -0.2) is 0 Å². The van der Waals surface area contributed by atoms with Crippen molar-refractivity contribution in [1.29, 1.82) is 0 Å². The van der Waals surface area contributed by atoms with E-state index in [2.05, 4.69) is 65.8 Å². The maximum absolute atomic E-state index is 14.2. The van der Waals surface area contributed by atoms with Crippen LogP contribution in [-0.4, -0.2) is 179 Å². The zero-order valence-electron chi connectivity index (χ0n) is 51.9. The second kappa shape index (κ2) is 42.3. The Labute approximate surface area is 534 Å². The number of nitrogens with two attached hydrogens (primary N) is 5. The molecule has 22 N–H and O–H groups in total. The van der Waals surface area contributed by atoms with Crippen LogP contribution in [0.3, 0.4) is 0 Å². The Morgan fingerprint density at radius 2 is 0.922 bits per heavy atom. The summed E-state index contributed by atoms with van der Waals surface area (Å²) in [7, 11) is 0. The summed E-state index contributed by atoms with van der Waals surface area (Å²) >= 11 is 10.4. The number of nitrogens with one attached hydrogen (secondary N) is 10. The molecule has 0 aliphatic carbocycles. The number of amides is 12. The first-order valence-corrected chi connectivity index (χ1v) is 30.8. The van der Waals surface area contributed by atoms with Crippen molar-refractivity contribution in [2.45, 2.75) is 192 Å². The molecule has 0 bridgehead atoms. The van der Waals surface area contributed by atoms with E-state index >= 15 is 0 Å². The summed E-state index contributed by atoms with van der Waals surface area (Å²) in [5.74, 6) is -16.0. The number of aliphatic carboxylic acids is 2. The molecule has 31 nitrogen and oxygen atoms in total. The fourth-order valence-electron chi connectivity index (χ4n) is 8.78. The highest BCUT2D eigenvalue weighted by Crippen LogP contribution is 2.18. The van der Waals surface area contributed by atoms with Crippen molar-refractivity contribution >= 4 is 107 Å². The molecule has 0 fully saturated rings. The van der Waals surface area contributed by atoms with Crippen LogP contribution in [0.15, 0.2) is 24.3 Å². The summed E-state index contributed by atoms with van der Waals surface area (Å²) in [6.45, 7) is 10.1. The molecule has 0 unspecified atom stereocenters. The fourth-order valence-corrected chi connectivity index (χ4v) is 9.25. The first-order chi connectivity index (χ1) is 42.3. The van der Waals surface area contributed by atoms with Crippen LogP contribution in [0.1, 0.15) is 131 Å². The van der Waals surface area contributed by atoms with Gasteiger partial charge >= 0.3 is 11.9 Å². The highest BCUT2D eigenvalue weighted by atomic mass is 35.5. The SMILES string of the molecule is CC[C@H](C)[C@H](N)C(=O)N[C@@H](CCCCN)C(=O)N[C@@H](CCC(=O)O)C(=O)N[C@@H](CC(N)=O)C(=O)N[C@@H](CC(C)C)C(=O)N[C@@H](CCCCN)C(=O)N[C@@H](CC(=O)O)C(=O)N[C@@H](CS)C(=O)NCC(=O)N[C@@H](CC(C)C)C(=O)N[C@@H](Cc1ccccc1Cl)C(N)=O. The molecular weight excluding hydrogens is 1220 g/mol. The number of benzene rings is 1. The van der Waals surface area contributed by atoms with Crippen LogP contribution in [-0.2, 0) is 73.5 Å². The van der Waals surface area contributed by atoms with Crippen LogP contribution in [0, 0.1) is 17.8 Å². The third kappa shape index (κ3) is 31.2. The van der Waals surface area contributed by atoms with E-state index in [9.17, 15) is 77.3 Å². The van der Waals surface area contributed by atoms with Gasteiger partial charge in [-0.05, 0) is 100 Å². The molecule has 1 aromatic carbocycles. The van der Waals surface area contributed by atoms with E-state index in [-0.39, 0.29) is 69.4 Å². The number of hydrogen-bond acceptors (Lipinski definition) is 18. The lowest BCUT2D eigenvalue weighted by Gasteiger charge is -2.28. The number of hydrogen-bond donors (Lipinski definition) is 18. The van der Waals surface area contributed by atoms with Crippen molar-refractivity contribution in [2.75, 3.05) is 25.4 Å². The number of rotatable bonds is 45. The van der Waals surface area contributed by atoms with Crippen LogP contribution in [0.5, 0.6) is 0 Å². The van der Waals surface area contributed by atoms with Gasteiger partial charge in [-0.15, -0.1) is 0 Å². The topological polar surface area (TPSA) is 530 Å². The number of halogens is 1. The van der Waals surface area contributed by atoms with Gasteiger partial charge < -0.3 is 92.0 Å². The van der Waals surface area contributed by atoms with Gasteiger partial charge in [0.25, 0.3) is 0 Å². The van der Waals surface area contributed by atoms with Gasteiger partial charge in [-0.3, -0.25) is 67.1 Å². The second-order valence-electron chi connectivity index (χ2n) is 22.6. The zero-order valence-corrected chi connectivity index (χ0v) is 53.5. The average molecular weight is 1310 g/mol. The van der Waals surface area contributed by atoms with Crippen LogP contribution in [0.4, 0.5) is 0 Å². The Balaban J connectivity index is 3.41. The highest BCUT2D eigenvalue weighted by Gasteiger charge is 2.37. The van der Waals surface area contributed by atoms with Crippen LogP contribution < -0.4 is 81.8 Å². The summed E-state index contributed by atoms with van der Waals surface area (Å²) in [6, 6.07) is -8.20. The lowest BCUT2D eigenvalue weighted by atomic mass is 9.98. The Morgan fingerprint density at radius 3 is 1.36 bits per heavy atom. The van der Waals surface area contributed by atoms with Gasteiger partial charge in [0.05, 0.1) is 25.4 Å². The van der Waals surface area contributed by atoms with Crippen molar-refractivity contribution in [3.05, 3.63) is 34.9 Å². The van der Waals surface area contributed by atoms with Crippen molar-refractivity contribution in [1.82, 2.24) is 53.2 Å². The maximum Gasteiger partial charge on any atom is 0.305 e. The predicted octanol–water partition coefficient (Wildman–Crippen LogP) is -3.28. The number of carbonyl (C=O) groups excluding carboxylic acids is 12. The lowest BCUT2D eigenvalue weighted by Crippen LogP contribution is -2.61. The van der Waals surface area contributed by atoms with Crippen molar-refractivity contribution in [2.24, 2.45) is 46.4 Å². The van der Waals surface area contributed by atoms with Crippen LogP contribution in [0.2, 0.25) is 5.02 Å². The molecule has 0 saturated heterocycles. The Kier molecular flexibility index (Phi) is 37.8. The molecule has 12 amide bonds. The van der Waals surface area contributed by atoms with E-state index in [0.717, 1.165) is 0 Å². The summed E-state index contributed by atoms with van der Waals surface area (Å²) in [4.78, 5) is 186. The van der Waals surface area contributed by atoms with Crippen molar-refractivity contribution in [3.63, 3.8) is 0 Å². The van der Waals surface area contributed by atoms with E-state index in [1.54, 1.807) is 58.9 Å². The Bertz CT molecular complexity index is 2620. The number of carboxylic acid groups (broad SMARTS) is 2. The minimum atomic E-state index is -1.91. The van der Waals surface area contributed by atoms with E-state index in [4.69, 9.17) is 40.3 Å². The van der Waals surface area contributed by atoms with Gasteiger partial charge in [0.15, 0.2) is 0 Å². The monoisotopic (exact) mass is 1310 g/mol. The maximum atomic E-state index is 14.2. The molecule has 33 heteroatoms. The quantitative estimate of drug-likeness (QED) is 0.0225. The van der Waals surface area contributed by atoms with Gasteiger partial charge in [-0.2, -0.15) is 12.6 Å². The predicted molar refractivity (Wildman–Crippen MR) is 334 cm³/mol. The summed E-state index contributed by atoms with van der Waals surface area (Å²) in [5, 5.41) is 43.9. The largest absolute Gasteiger partial charge is 0.481 e. The number of primary amides is 2. The van der Waals surface area contributed by atoms with Gasteiger partial charge in [0.2, 0.25) is 70.9 Å². The molecule has 1 aromatic rings. The normalized spacial score (nSPS) is 14.8. The summed E-state index contributed by atoms with van der Waals surface area (Å²) in [6.07, 6.45) is -1.56. The smallest absolute Gasteiger partial charge is 0.305 e. The summed E-state index contributed by atoms with van der Waals surface area (Å²) < 4.78 is 0. The molecule has 0 aromatic heterocycles. The van der Waals surface area contributed by atoms with Crippen LogP contribution >= 0.6 is 24.2 Å². The van der Waals surface area contributed by atoms with Gasteiger partial charge in [0.1, 0.15) is 54.4 Å². The fraction of sp³-hybridized carbons (Fsp3) is 0.649. The third-order valence-corrected chi connectivity index (χ3v) is 14.8. The first kappa shape index (κ1) is 80.3. The molecule has 0 saturated carbocycles. The Hall–Kier alpha value is -7.68. The second-order valence-corrected chi connectivity index (χ2v) is 23.4. The molecule has 0 heterocycles. The van der Waals surface area contributed by atoms with E-state index in [1.807, 2.05) is 6.92 Å². The molecular formula is C57H94ClN15O16S. The van der Waals surface area contributed by atoms with E-state index in [0.29, 0.717) is 36.3 Å². The molecule has 506 valence electrons. The molecule has 0 radical (unpaired) electrons. The Morgan fingerprint density at radius 1 is 0.511 bits per heavy atom. The molecule has 1 rings (SSSR count). The number of unbranched alkanes of at least 4 members (excludes halogenated alkanes) is 2. The first-order valence-electron chi connectivity index (χ1n) is 29.8. The molecule has 90 heavy (non-hydrogen) atoms. The minimum absolute atomic E-state index is 0.0426. The van der Waals surface area contributed by atoms with E-state index < -0.39 is 181 Å². The highest BCUT2D eigenvalue weighted by molar-refractivity contribution is 7.80. The van der Waals surface area contributed by atoms with Gasteiger partial charge in [-0.1, -0.05) is 77.8 Å². The van der Waals surface area contributed by atoms with E-state index in [1.165, 1.54) is 0 Å². The van der Waals surface area contributed by atoms with Crippen molar-refractivity contribution < 1.29 is 77.3 Å². The number of thiol groups is 1. The van der Waals surface area contributed by atoms with Crippen molar-refractivity contribution in [3.8, 4) is 0 Å². The van der Waals surface area contributed by atoms with Gasteiger partial charge in [0, 0.05) is 23.6 Å². The average Bonchev–Trinajstić information content (AvgIpc) is 3.52. The number of carboxylic acids is 2. The molecule has 0 aliphatic rings. The standard InChI is InChI=1S/C57H94ClN15O16S/c1-7-31(6)47(62)57(89)68-35(17-11-13-21-60)50(82)67-36(18-19-45(76)77)52(84)71-40(25-43(61)74)55(87)70-39(23-30(4)5)54(86)66-34(16-10-12-20-59)51(83)72-41(26-46(78)79)56(88)73-42(28-90)49(81)64-27-44(75)65-38(22-29(2)3)53(85)69-37(48(63)80)24-32-14-8-9-15-33(32)58/h8-9,14-15,29-31,34-42,47,90H,7,10-13,16-28,59-60,62H2,1-6H3,(H2,61,74)(H2,63,80)(H,64,81)(H,65,75)(H,66,86)(H,67,82)(H,68,89)(H,69,85)(H,70,87)(H,71,84)(H,72,83)(H,73,88)(H,76,77)(H,78,79)/t31-,34-,35-,36-,37-,38-,39-,40-,41-,42-,47-/m0/s1. The zero-order chi connectivity index (χ0) is 68.4. The molecule has 0 aliphatic heterocycles. The third-order valence-electron chi connectivity index (χ3n) is 14.0. The number of carbonyl (C=O) groups is 14. The lowest BCUT2D eigenvalue weighted by molar-refractivity contribution is -0.141. The minimum Gasteiger partial charge on any atom is -0.481 e. The molecule has 0 spiro atoms. The summed E-state index contributed by atoms with van der Waals surface area (Å²) in [5.41, 5.74) is 29.1. The van der Waals surface area contributed by atoms with Crippen LogP contribution in [0.25, 0.3) is 0 Å².